The van der Waals surface area contributed by atoms with Crippen molar-refractivity contribution in [1.29, 1.82) is 0 Å². The van der Waals surface area contributed by atoms with Crippen LogP contribution in [0.25, 0.3) is 0 Å². The van der Waals surface area contributed by atoms with Crippen LogP contribution in [0.4, 0.5) is 0 Å². The highest BCUT2D eigenvalue weighted by Gasteiger charge is 1.91. The number of quaternary nitrogens is 1. The minimum atomic E-state index is -1.44. The number of carbonyl (C=O) groups excluding carboxylic acids is 1. The monoisotopic (exact) mass is 275 g/mol. The fourth-order valence-corrected chi connectivity index (χ4v) is 1.66. The molecule has 0 fully saturated rings. The van der Waals surface area contributed by atoms with E-state index in [4.69, 9.17) is 5.11 Å². The van der Waals surface area contributed by atoms with Gasteiger partial charge in [-0.05, 0) is 19.8 Å². The Morgan fingerprint density at radius 3 is 1.58 bits per heavy atom. The number of unbranched alkanes of at least 4 members (excludes halogenated alkanes) is 9. The molecule has 0 aliphatic rings. The molecule has 0 bridgehead atoms. The van der Waals surface area contributed by atoms with Gasteiger partial charge in [0.2, 0.25) is 0 Å². The third kappa shape index (κ3) is 23.0. The standard InChI is InChI=1S/C12H27N.C3H6O3/c1-2-3-4-5-6-7-8-9-10-11-12-13;1-2(4)3(5)6/h2-13H2,1H3;2,4H,1H3,(H,5,6). The first-order valence-corrected chi connectivity index (χ1v) is 7.74. The first kappa shape index (κ1) is 20.7. The maximum Gasteiger partial charge on any atom is 0.0905 e. The fraction of sp³-hybridized carbons (Fsp3) is 0.933. The highest BCUT2D eigenvalue weighted by Crippen LogP contribution is 2.09. The molecule has 0 amide bonds. The summed E-state index contributed by atoms with van der Waals surface area (Å²) < 4.78 is 0. The molecule has 0 spiro atoms. The maximum atomic E-state index is 9.34. The van der Waals surface area contributed by atoms with Gasteiger partial charge in [0.1, 0.15) is 0 Å². The molecule has 116 valence electrons. The van der Waals surface area contributed by atoms with Gasteiger partial charge < -0.3 is 20.7 Å². The van der Waals surface area contributed by atoms with E-state index in [9.17, 15) is 9.90 Å². The van der Waals surface area contributed by atoms with Gasteiger partial charge in [-0.3, -0.25) is 0 Å². The summed E-state index contributed by atoms with van der Waals surface area (Å²) in [6.45, 7) is 4.53. The Morgan fingerprint density at radius 2 is 1.32 bits per heavy atom. The highest BCUT2D eigenvalue weighted by molar-refractivity contribution is 5.68. The van der Waals surface area contributed by atoms with Crippen molar-refractivity contribution in [1.82, 2.24) is 0 Å². The summed E-state index contributed by atoms with van der Waals surface area (Å²) in [7, 11) is 0. The van der Waals surface area contributed by atoms with Gasteiger partial charge in [-0.25, -0.2) is 0 Å². The normalized spacial score (nSPS) is 11.6. The maximum absolute atomic E-state index is 9.34. The molecule has 0 aromatic rings. The summed E-state index contributed by atoms with van der Waals surface area (Å²) in [5.41, 5.74) is 3.85. The van der Waals surface area contributed by atoms with E-state index < -0.39 is 12.1 Å². The molecule has 1 atom stereocenters. The Balaban J connectivity index is 0. The Morgan fingerprint density at radius 1 is 1.00 bits per heavy atom. The predicted molar refractivity (Wildman–Crippen MR) is 76.3 cm³/mol. The lowest BCUT2D eigenvalue weighted by Gasteiger charge is -2.00. The Hall–Kier alpha value is -0.610. The third-order valence-electron chi connectivity index (χ3n) is 2.94. The minimum absolute atomic E-state index is 1.12. The molecule has 19 heavy (non-hydrogen) atoms. The van der Waals surface area contributed by atoms with Crippen molar-refractivity contribution in [3.8, 4) is 0 Å². The van der Waals surface area contributed by atoms with Gasteiger partial charge in [0.25, 0.3) is 0 Å². The average Bonchev–Trinajstić information content (AvgIpc) is 2.37. The lowest BCUT2D eigenvalue weighted by Crippen LogP contribution is -2.50. The van der Waals surface area contributed by atoms with E-state index in [0.717, 1.165) is 13.5 Å². The summed E-state index contributed by atoms with van der Waals surface area (Å²) in [6, 6.07) is 0. The van der Waals surface area contributed by atoms with Crippen LogP contribution in [0.2, 0.25) is 0 Å². The van der Waals surface area contributed by atoms with Crippen molar-refractivity contribution in [2.24, 2.45) is 0 Å². The number of hydrogen-bond donors (Lipinski definition) is 2. The first-order chi connectivity index (χ1) is 9.06. The number of rotatable bonds is 11. The van der Waals surface area contributed by atoms with Gasteiger partial charge in [0.15, 0.2) is 0 Å². The SMILES string of the molecule is CC(O)C(=O)[O-].CCCCCCCCCCCC[NH3+]. The van der Waals surface area contributed by atoms with Gasteiger partial charge in [-0.15, -0.1) is 0 Å². The van der Waals surface area contributed by atoms with E-state index in [-0.39, 0.29) is 0 Å². The van der Waals surface area contributed by atoms with Gasteiger partial charge in [-0.2, -0.15) is 0 Å². The zero-order valence-electron chi connectivity index (χ0n) is 12.8. The Bertz CT molecular complexity index is 174. The van der Waals surface area contributed by atoms with Crippen molar-refractivity contribution in [3.05, 3.63) is 0 Å². The second kappa shape index (κ2) is 17.4. The third-order valence-corrected chi connectivity index (χ3v) is 2.94. The number of aliphatic hydroxyl groups excluding tert-OH is 1. The summed E-state index contributed by atoms with van der Waals surface area (Å²) in [4.78, 5) is 9.34. The smallest absolute Gasteiger partial charge is 0.0905 e. The van der Waals surface area contributed by atoms with Crippen LogP contribution in [-0.4, -0.2) is 23.7 Å². The van der Waals surface area contributed by atoms with Crippen LogP contribution in [0.1, 0.15) is 78.1 Å². The van der Waals surface area contributed by atoms with Crippen LogP contribution in [-0.2, 0) is 4.79 Å². The molecule has 0 rings (SSSR count). The number of carbonyl (C=O) groups is 1. The van der Waals surface area contributed by atoms with E-state index in [1.165, 1.54) is 64.2 Å². The molecule has 0 heterocycles. The lowest BCUT2D eigenvalue weighted by molar-refractivity contribution is -0.368. The fourth-order valence-electron chi connectivity index (χ4n) is 1.66. The molecule has 0 radical (unpaired) electrons. The van der Waals surface area contributed by atoms with Crippen LogP contribution in [0.5, 0.6) is 0 Å². The van der Waals surface area contributed by atoms with Gasteiger partial charge >= 0.3 is 0 Å². The van der Waals surface area contributed by atoms with Crippen LogP contribution in [0.3, 0.4) is 0 Å². The number of carboxylic acids is 1. The van der Waals surface area contributed by atoms with Crippen molar-refractivity contribution in [2.45, 2.75) is 84.2 Å². The Labute approximate surface area is 118 Å². The quantitative estimate of drug-likeness (QED) is 0.556. The summed E-state index contributed by atoms with van der Waals surface area (Å²) in [5.74, 6) is -1.44. The molecule has 4 nitrogen and oxygen atoms in total. The molecule has 0 aromatic carbocycles. The first-order valence-electron chi connectivity index (χ1n) is 7.74. The second-order valence-electron chi connectivity index (χ2n) is 5.03. The van der Waals surface area contributed by atoms with Crippen LogP contribution in [0, 0.1) is 0 Å². The van der Waals surface area contributed by atoms with E-state index in [1.807, 2.05) is 0 Å². The molecule has 0 saturated heterocycles. The number of hydrogen-bond acceptors (Lipinski definition) is 3. The summed E-state index contributed by atoms with van der Waals surface area (Å²) in [6.07, 6.45) is 12.9. The average molecular weight is 275 g/mol. The van der Waals surface area contributed by atoms with Crippen molar-refractivity contribution < 1.29 is 20.7 Å². The minimum Gasteiger partial charge on any atom is -0.547 e. The van der Waals surface area contributed by atoms with Crippen molar-refractivity contribution >= 4 is 5.97 Å². The van der Waals surface area contributed by atoms with Gasteiger partial charge in [-0.1, -0.05) is 58.3 Å². The molecule has 0 aliphatic carbocycles. The van der Waals surface area contributed by atoms with Gasteiger partial charge in [0, 0.05) is 0 Å². The molecule has 0 aromatic heterocycles. The number of carboxylic acid groups (broad SMARTS) is 1. The summed E-state index contributed by atoms with van der Waals surface area (Å²) >= 11 is 0. The molecule has 4 heteroatoms. The molecular weight excluding hydrogens is 242 g/mol. The molecular formula is C15H33NO3. The van der Waals surface area contributed by atoms with Crippen LogP contribution < -0.4 is 10.8 Å². The topological polar surface area (TPSA) is 88.0 Å². The van der Waals surface area contributed by atoms with E-state index in [2.05, 4.69) is 12.7 Å². The van der Waals surface area contributed by atoms with Crippen molar-refractivity contribution in [3.63, 3.8) is 0 Å². The van der Waals surface area contributed by atoms with E-state index >= 15 is 0 Å². The molecule has 0 saturated carbocycles. The lowest BCUT2D eigenvalue weighted by atomic mass is 10.1. The van der Waals surface area contributed by atoms with Gasteiger partial charge in [0.05, 0.1) is 18.6 Å². The van der Waals surface area contributed by atoms with Crippen LogP contribution >= 0.6 is 0 Å². The van der Waals surface area contributed by atoms with E-state index in [0.29, 0.717) is 0 Å². The number of aliphatic hydroxyl groups is 1. The molecule has 1 unspecified atom stereocenters. The summed E-state index contributed by atoms with van der Waals surface area (Å²) in [5, 5.41) is 17.3. The Kier molecular flexibility index (Phi) is 18.9. The molecule has 4 N–H and O–H groups in total. The second-order valence-corrected chi connectivity index (χ2v) is 5.03. The number of aliphatic carboxylic acids is 1. The zero-order chi connectivity index (χ0) is 14.9. The van der Waals surface area contributed by atoms with Crippen molar-refractivity contribution in [2.75, 3.05) is 6.54 Å². The van der Waals surface area contributed by atoms with E-state index in [1.54, 1.807) is 0 Å². The molecule has 0 aliphatic heterocycles. The largest absolute Gasteiger partial charge is 0.547 e. The zero-order valence-corrected chi connectivity index (χ0v) is 12.8. The van der Waals surface area contributed by atoms with Crippen LogP contribution in [0.15, 0.2) is 0 Å². The highest BCUT2D eigenvalue weighted by atomic mass is 16.4. The predicted octanol–water partition coefficient (Wildman–Crippen LogP) is 1.27.